The molecule has 2 aliphatic rings. The van der Waals surface area contributed by atoms with Crippen molar-refractivity contribution in [2.75, 3.05) is 44.4 Å². The number of benzene rings is 1. The zero-order valence-corrected chi connectivity index (χ0v) is 14.2. The Labute approximate surface area is 148 Å². The van der Waals surface area contributed by atoms with Crippen LogP contribution in [0, 0.1) is 11.3 Å². The summed E-state index contributed by atoms with van der Waals surface area (Å²) in [6.45, 7) is 4.44. The van der Waals surface area contributed by atoms with Crippen molar-refractivity contribution in [2.24, 2.45) is 0 Å². The first-order valence-electron chi connectivity index (χ1n) is 8.70. The lowest BCUT2D eigenvalue weighted by Gasteiger charge is -2.28. The summed E-state index contributed by atoms with van der Waals surface area (Å²) in [7, 11) is 0. The predicted octanol–water partition coefficient (Wildman–Crippen LogP) is 1.73. The molecule has 1 aromatic rings. The summed E-state index contributed by atoms with van der Waals surface area (Å²) in [6.07, 6.45) is 3.66. The zero-order chi connectivity index (χ0) is 17.5. The van der Waals surface area contributed by atoms with Gasteiger partial charge in [-0.25, -0.2) is 0 Å². The highest BCUT2D eigenvalue weighted by Crippen LogP contribution is 2.18. The van der Waals surface area contributed by atoms with Gasteiger partial charge in [-0.3, -0.25) is 4.79 Å². The van der Waals surface area contributed by atoms with Gasteiger partial charge in [0.2, 0.25) is 0 Å². The summed E-state index contributed by atoms with van der Waals surface area (Å²) in [4.78, 5) is 14.4. The highest BCUT2D eigenvalue weighted by molar-refractivity contribution is 6.01. The van der Waals surface area contributed by atoms with Crippen LogP contribution in [0.5, 0.6) is 0 Å². The summed E-state index contributed by atoms with van der Waals surface area (Å²) < 4.78 is 10.8. The van der Waals surface area contributed by atoms with Gasteiger partial charge < -0.3 is 19.7 Å². The van der Waals surface area contributed by atoms with Gasteiger partial charge in [0.25, 0.3) is 5.91 Å². The number of carbonyl (C=O) groups excluding carboxylic acids is 1. The van der Waals surface area contributed by atoms with Gasteiger partial charge in [0, 0.05) is 31.9 Å². The van der Waals surface area contributed by atoms with Crippen molar-refractivity contribution in [3.05, 3.63) is 35.4 Å². The first-order chi connectivity index (χ1) is 12.3. The van der Waals surface area contributed by atoms with E-state index in [1.807, 2.05) is 30.3 Å². The third kappa shape index (κ3) is 4.81. The fourth-order valence-electron chi connectivity index (χ4n) is 3.03. The van der Waals surface area contributed by atoms with Crippen LogP contribution in [0.3, 0.4) is 0 Å². The molecule has 0 aromatic heterocycles. The van der Waals surface area contributed by atoms with Crippen LogP contribution in [-0.2, 0) is 14.3 Å². The van der Waals surface area contributed by atoms with E-state index in [0.717, 1.165) is 57.0 Å². The molecule has 2 fully saturated rings. The Hall–Kier alpha value is -2.36. The minimum absolute atomic E-state index is 0.0664. The van der Waals surface area contributed by atoms with E-state index in [2.05, 4.69) is 10.2 Å². The SMILES string of the molecule is N#C/C(=C\c1ccc(N2CCOCC2)cc1)C(=O)NCC1CCCO1. The van der Waals surface area contributed by atoms with Crippen molar-refractivity contribution in [1.29, 1.82) is 5.26 Å². The second-order valence-electron chi connectivity index (χ2n) is 6.21. The van der Waals surface area contributed by atoms with Crippen molar-refractivity contribution in [3.63, 3.8) is 0 Å². The molecule has 2 heterocycles. The molecule has 0 radical (unpaired) electrons. The second-order valence-corrected chi connectivity index (χ2v) is 6.21. The van der Waals surface area contributed by atoms with E-state index in [1.165, 1.54) is 0 Å². The van der Waals surface area contributed by atoms with E-state index >= 15 is 0 Å². The van der Waals surface area contributed by atoms with Crippen LogP contribution in [0.4, 0.5) is 5.69 Å². The number of rotatable bonds is 5. The summed E-state index contributed by atoms with van der Waals surface area (Å²) in [6, 6.07) is 9.86. The van der Waals surface area contributed by atoms with Gasteiger partial charge in [-0.15, -0.1) is 0 Å². The molecule has 1 atom stereocenters. The third-order valence-corrected chi connectivity index (χ3v) is 4.46. The van der Waals surface area contributed by atoms with E-state index in [0.29, 0.717) is 6.54 Å². The molecule has 6 heteroatoms. The maximum Gasteiger partial charge on any atom is 0.262 e. The summed E-state index contributed by atoms with van der Waals surface area (Å²) in [5.41, 5.74) is 2.07. The lowest BCUT2D eigenvalue weighted by Crippen LogP contribution is -2.36. The molecule has 0 saturated carbocycles. The van der Waals surface area contributed by atoms with Gasteiger partial charge in [-0.2, -0.15) is 5.26 Å². The van der Waals surface area contributed by atoms with Crippen LogP contribution in [0.2, 0.25) is 0 Å². The smallest absolute Gasteiger partial charge is 0.262 e. The molecule has 0 bridgehead atoms. The van der Waals surface area contributed by atoms with E-state index in [4.69, 9.17) is 9.47 Å². The van der Waals surface area contributed by atoms with Gasteiger partial charge in [-0.1, -0.05) is 12.1 Å². The Kier molecular flexibility index (Phi) is 6.04. The molecule has 6 nitrogen and oxygen atoms in total. The maximum atomic E-state index is 12.2. The van der Waals surface area contributed by atoms with Crippen LogP contribution in [0.25, 0.3) is 6.08 Å². The zero-order valence-electron chi connectivity index (χ0n) is 14.2. The molecule has 2 saturated heterocycles. The average molecular weight is 341 g/mol. The lowest BCUT2D eigenvalue weighted by molar-refractivity contribution is -0.117. The number of nitriles is 1. The highest BCUT2D eigenvalue weighted by Gasteiger charge is 2.17. The molecular formula is C19H23N3O3. The van der Waals surface area contributed by atoms with Gasteiger partial charge >= 0.3 is 0 Å². The third-order valence-electron chi connectivity index (χ3n) is 4.46. The molecule has 25 heavy (non-hydrogen) atoms. The molecule has 0 spiro atoms. The number of nitrogens with one attached hydrogen (secondary N) is 1. The number of amides is 1. The molecule has 1 unspecified atom stereocenters. The van der Waals surface area contributed by atoms with Gasteiger partial charge in [0.05, 0.1) is 19.3 Å². The van der Waals surface area contributed by atoms with Crippen LogP contribution in [0.1, 0.15) is 18.4 Å². The Morgan fingerprint density at radius 2 is 2.04 bits per heavy atom. The quantitative estimate of drug-likeness (QED) is 0.652. The van der Waals surface area contributed by atoms with E-state index in [9.17, 15) is 10.1 Å². The lowest BCUT2D eigenvalue weighted by atomic mass is 10.1. The van der Waals surface area contributed by atoms with Crippen molar-refractivity contribution in [1.82, 2.24) is 5.32 Å². The topological polar surface area (TPSA) is 74.6 Å². The van der Waals surface area contributed by atoms with Crippen LogP contribution in [0.15, 0.2) is 29.8 Å². The minimum atomic E-state index is -0.352. The summed E-state index contributed by atoms with van der Waals surface area (Å²) in [5, 5.41) is 12.1. The normalized spacial score (nSPS) is 21.0. The highest BCUT2D eigenvalue weighted by atomic mass is 16.5. The summed E-state index contributed by atoms with van der Waals surface area (Å²) >= 11 is 0. The van der Waals surface area contributed by atoms with Gasteiger partial charge in [0.15, 0.2) is 0 Å². The first kappa shape index (κ1) is 17.5. The van der Waals surface area contributed by atoms with Crippen molar-refractivity contribution < 1.29 is 14.3 Å². The van der Waals surface area contributed by atoms with Crippen LogP contribution in [-0.4, -0.2) is 51.5 Å². The number of hydrogen-bond acceptors (Lipinski definition) is 5. The molecule has 3 rings (SSSR count). The van der Waals surface area contributed by atoms with E-state index in [1.54, 1.807) is 6.08 Å². The maximum absolute atomic E-state index is 12.2. The average Bonchev–Trinajstić information content (AvgIpc) is 3.19. The Balaban J connectivity index is 1.60. The fraction of sp³-hybridized carbons (Fsp3) is 0.474. The number of nitrogens with zero attached hydrogens (tertiary/aromatic N) is 2. The number of carbonyl (C=O) groups is 1. The van der Waals surface area contributed by atoms with Crippen molar-refractivity contribution in [2.45, 2.75) is 18.9 Å². The number of ether oxygens (including phenoxy) is 2. The Morgan fingerprint density at radius 1 is 1.28 bits per heavy atom. The van der Waals surface area contributed by atoms with Gasteiger partial charge in [0.1, 0.15) is 11.6 Å². The molecule has 1 aromatic carbocycles. The Bertz CT molecular complexity index is 651. The fourth-order valence-corrected chi connectivity index (χ4v) is 3.03. The number of hydrogen-bond donors (Lipinski definition) is 1. The van der Waals surface area contributed by atoms with E-state index in [-0.39, 0.29) is 17.6 Å². The van der Waals surface area contributed by atoms with Crippen molar-refractivity contribution >= 4 is 17.7 Å². The standard InChI is InChI=1S/C19H23N3O3/c20-13-16(19(23)21-14-18-2-1-9-25-18)12-15-3-5-17(6-4-15)22-7-10-24-11-8-22/h3-6,12,18H,1-2,7-11,14H2,(H,21,23)/b16-12+. The largest absolute Gasteiger partial charge is 0.378 e. The predicted molar refractivity (Wildman–Crippen MR) is 95.0 cm³/mol. The molecule has 0 aliphatic carbocycles. The van der Waals surface area contributed by atoms with Gasteiger partial charge in [-0.05, 0) is 36.6 Å². The Morgan fingerprint density at radius 3 is 2.68 bits per heavy atom. The molecular weight excluding hydrogens is 318 g/mol. The first-order valence-corrected chi connectivity index (χ1v) is 8.70. The van der Waals surface area contributed by atoms with E-state index < -0.39 is 0 Å². The monoisotopic (exact) mass is 341 g/mol. The van der Waals surface area contributed by atoms with Crippen LogP contribution >= 0.6 is 0 Å². The van der Waals surface area contributed by atoms with Crippen LogP contribution < -0.4 is 10.2 Å². The van der Waals surface area contributed by atoms with Crippen molar-refractivity contribution in [3.8, 4) is 6.07 Å². The molecule has 1 N–H and O–H groups in total. The number of morpholine rings is 1. The molecule has 1 amide bonds. The molecule has 132 valence electrons. The second kappa shape index (κ2) is 8.65. The molecule has 2 aliphatic heterocycles. The minimum Gasteiger partial charge on any atom is -0.378 e. The summed E-state index contributed by atoms with van der Waals surface area (Å²) in [5.74, 6) is -0.352. The number of anilines is 1.